The Balaban J connectivity index is 1.74. The van der Waals surface area contributed by atoms with Gasteiger partial charge in [-0.05, 0) is 43.5 Å². The number of hydrogen-bond donors (Lipinski definition) is 1. The van der Waals surface area contributed by atoms with Crippen LogP contribution in [0, 0.1) is 0 Å². The van der Waals surface area contributed by atoms with Crippen LogP contribution < -0.4 is 5.32 Å². The predicted molar refractivity (Wildman–Crippen MR) is 82.9 cm³/mol. The van der Waals surface area contributed by atoms with E-state index in [0.717, 1.165) is 32.7 Å². The second-order valence-corrected chi connectivity index (χ2v) is 5.56. The number of aryl methyl sites for hydroxylation is 1. The lowest BCUT2D eigenvalue weighted by Gasteiger charge is -2.11. The molecule has 1 aliphatic rings. The van der Waals surface area contributed by atoms with Gasteiger partial charge in [0, 0.05) is 36.8 Å². The van der Waals surface area contributed by atoms with Crippen LogP contribution >= 0.6 is 0 Å². The van der Waals surface area contributed by atoms with Gasteiger partial charge < -0.3 is 14.6 Å². The number of aromatic nitrogens is 1. The molecule has 1 saturated heterocycles. The first-order chi connectivity index (χ1) is 9.88. The van der Waals surface area contributed by atoms with Gasteiger partial charge in [-0.2, -0.15) is 0 Å². The first kappa shape index (κ1) is 13.7. The van der Waals surface area contributed by atoms with E-state index < -0.39 is 0 Å². The van der Waals surface area contributed by atoms with Crippen molar-refractivity contribution in [2.24, 2.45) is 0 Å². The summed E-state index contributed by atoms with van der Waals surface area (Å²) in [5, 5.41) is 4.79. The van der Waals surface area contributed by atoms with E-state index in [4.69, 9.17) is 4.74 Å². The maximum Gasteiger partial charge on any atom is 0.0593 e. The molecule has 1 aromatic carbocycles. The third kappa shape index (κ3) is 2.89. The summed E-state index contributed by atoms with van der Waals surface area (Å²) in [5.41, 5.74) is 2.73. The van der Waals surface area contributed by atoms with Crippen molar-refractivity contribution in [2.45, 2.75) is 45.4 Å². The van der Waals surface area contributed by atoms with Gasteiger partial charge >= 0.3 is 0 Å². The monoisotopic (exact) mass is 272 g/mol. The molecule has 3 heteroatoms. The number of nitrogens with zero attached hydrogens (tertiary/aromatic N) is 1. The van der Waals surface area contributed by atoms with Gasteiger partial charge in [0.25, 0.3) is 0 Å². The molecule has 0 amide bonds. The molecule has 1 aromatic heterocycles. The summed E-state index contributed by atoms with van der Waals surface area (Å²) in [7, 11) is 0. The molecular formula is C17H24N2O. The minimum absolute atomic E-state index is 0.470. The molecule has 2 aromatic rings. The molecule has 3 nitrogen and oxygen atoms in total. The smallest absolute Gasteiger partial charge is 0.0593 e. The Morgan fingerprint density at radius 3 is 3.10 bits per heavy atom. The Morgan fingerprint density at radius 1 is 1.35 bits per heavy atom. The van der Waals surface area contributed by atoms with Crippen molar-refractivity contribution in [3.8, 4) is 0 Å². The van der Waals surface area contributed by atoms with Gasteiger partial charge in [-0.15, -0.1) is 0 Å². The second kappa shape index (κ2) is 6.42. The lowest BCUT2D eigenvalue weighted by Crippen LogP contribution is -2.12. The molecule has 0 spiro atoms. The van der Waals surface area contributed by atoms with Gasteiger partial charge in [-0.3, -0.25) is 0 Å². The number of rotatable bonds is 6. The molecule has 0 aliphatic carbocycles. The number of hydrogen-bond acceptors (Lipinski definition) is 2. The Kier molecular flexibility index (Phi) is 4.38. The molecule has 0 saturated carbocycles. The average Bonchev–Trinajstić information content (AvgIpc) is 3.12. The summed E-state index contributed by atoms with van der Waals surface area (Å²) in [6, 6.07) is 8.85. The Hall–Kier alpha value is -1.32. The van der Waals surface area contributed by atoms with Crippen molar-refractivity contribution in [2.75, 3.05) is 13.2 Å². The number of ether oxygens (including phenoxy) is 1. The van der Waals surface area contributed by atoms with Crippen LogP contribution in [0.2, 0.25) is 0 Å². The molecule has 1 aliphatic heterocycles. The van der Waals surface area contributed by atoms with Crippen LogP contribution in [-0.4, -0.2) is 23.8 Å². The van der Waals surface area contributed by atoms with Crippen LogP contribution in [0.1, 0.15) is 31.7 Å². The lowest BCUT2D eigenvalue weighted by molar-refractivity contribution is 0.101. The summed E-state index contributed by atoms with van der Waals surface area (Å²) in [4.78, 5) is 0. The highest BCUT2D eigenvalue weighted by Crippen LogP contribution is 2.22. The normalized spacial score (nSPS) is 18.9. The summed E-state index contributed by atoms with van der Waals surface area (Å²) in [6.07, 6.45) is 6.27. The highest BCUT2D eigenvalue weighted by molar-refractivity contribution is 5.83. The minimum atomic E-state index is 0.470. The van der Waals surface area contributed by atoms with Gasteiger partial charge in [-0.1, -0.05) is 19.1 Å². The zero-order valence-electron chi connectivity index (χ0n) is 12.3. The average molecular weight is 272 g/mol. The van der Waals surface area contributed by atoms with Gasteiger partial charge in [0.05, 0.1) is 6.10 Å². The first-order valence-electron chi connectivity index (χ1n) is 7.77. The molecule has 3 rings (SSSR count). The SMILES string of the molecule is CCNCc1cccc2c1ccn2CCC1CCCO1. The van der Waals surface area contributed by atoms with Gasteiger partial charge in [0.15, 0.2) is 0 Å². The molecular weight excluding hydrogens is 248 g/mol. The van der Waals surface area contributed by atoms with Crippen LogP contribution in [0.5, 0.6) is 0 Å². The fourth-order valence-corrected chi connectivity index (χ4v) is 3.05. The van der Waals surface area contributed by atoms with Crippen LogP contribution in [0.4, 0.5) is 0 Å². The quantitative estimate of drug-likeness (QED) is 0.873. The molecule has 1 fully saturated rings. The van der Waals surface area contributed by atoms with Crippen molar-refractivity contribution in [1.29, 1.82) is 0 Å². The fraction of sp³-hybridized carbons (Fsp3) is 0.529. The number of fused-ring (bicyclic) bond motifs is 1. The summed E-state index contributed by atoms with van der Waals surface area (Å²) in [6.45, 7) is 6.11. The van der Waals surface area contributed by atoms with Crippen LogP contribution in [0.25, 0.3) is 10.9 Å². The molecule has 1 N–H and O–H groups in total. The predicted octanol–water partition coefficient (Wildman–Crippen LogP) is 3.32. The maximum atomic E-state index is 5.72. The molecule has 1 atom stereocenters. The largest absolute Gasteiger partial charge is 0.378 e. The topological polar surface area (TPSA) is 26.2 Å². The van der Waals surface area contributed by atoms with Crippen molar-refractivity contribution in [3.05, 3.63) is 36.0 Å². The third-order valence-electron chi connectivity index (χ3n) is 4.19. The minimum Gasteiger partial charge on any atom is -0.378 e. The zero-order valence-corrected chi connectivity index (χ0v) is 12.3. The maximum absolute atomic E-state index is 5.72. The number of nitrogens with one attached hydrogen (secondary N) is 1. The molecule has 1 unspecified atom stereocenters. The molecule has 0 bridgehead atoms. The van der Waals surface area contributed by atoms with Gasteiger partial charge in [0.1, 0.15) is 0 Å². The van der Waals surface area contributed by atoms with Crippen LogP contribution in [0.3, 0.4) is 0 Å². The standard InChI is InChI=1S/C17H24N2O/c1-2-18-13-14-5-3-7-17-16(14)9-11-19(17)10-8-15-6-4-12-20-15/h3,5,7,9,11,15,18H,2,4,6,8,10,12-13H2,1H3. The molecule has 0 radical (unpaired) electrons. The van der Waals surface area contributed by atoms with Crippen molar-refractivity contribution < 1.29 is 4.74 Å². The van der Waals surface area contributed by atoms with E-state index in [1.807, 2.05) is 0 Å². The lowest BCUT2D eigenvalue weighted by atomic mass is 10.1. The van der Waals surface area contributed by atoms with Crippen LogP contribution in [-0.2, 0) is 17.8 Å². The highest BCUT2D eigenvalue weighted by atomic mass is 16.5. The van der Waals surface area contributed by atoms with E-state index in [-0.39, 0.29) is 0 Å². The van der Waals surface area contributed by atoms with E-state index in [1.165, 1.54) is 29.3 Å². The van der Waals surface area contributed by atoms with E-state index in [2.05, 4.69) is 47.3 Å². The highest BCUT2D eigenvalue weighted by Gasteiger charge is 2.15. The van der Waals surface area contributed by atoms with Crippen molar-refractivity contribution >= 4 is 10.9 Å². The van der Waals surface area contributed by atoms with Crippen molar-refractivity contribution in [3.63, 3.8) is 0 Å². The Morgan fingerprint density at radius 2 is 2.30 bits per heavy atom. The van der Waals surface area contributed by atoms with E-state index in [9.17, 15) is 0 Å². The summed E-state index contributed by atoms with van der Waals surface area (Å²) >= 11 is 0. The second-order valence-electron chi connectivity index (χ2n) is 5.56. The van der Waals surface area contributed by atoms with E-state index in [1.54, 1.807) is 0 Å². The van der Waals surface area contributed by atoms with Crippen molar-refractivity contribution in [1.82, 2.24) is 9.88 Å². The van der Waals surface area contributed by atoms with Gasteiger partial charge in [0.2, 0.25) is 0 Å². The third-order valence-corrected chi connectivity index (χ3v) is 4.19. The molecule has 2 heterocycles. The van der Waals surface area contributed by atoms with Crippen LogP contribution in [0.15, 0.2) is 30.5 Å². The summed E-state index contributed by atoms with van der Waals surface area (Å²) in [5.74, 6) is 0. The first-order valence-corrected chi connectivity index (χ1v) is 7.77. The summed E-state index contributed by atoms with van der Waals surface area (Å²) < 4.78 is 8.08. The Labute approximate surface area is 120 Å². The molecule has 108 valence electrons. The van der Waals surface area contributed by atoms with E-state index in [0.29, 0.717) is 6.10 Å². The number of benzene rings is 1. The fourth-order valence-electron chi connectivity index (χ4n) is 3.05. The zero-order chi connectivity index (χ0) is 13.8. The van der Waals surface area contributed by atoms with Gasteiger partial charge in [-0.25, -0.2) is 0 Å². The molecule has 20 heavy (non-hydrogen) atoms. The van der Waals surface area contributed by atoms with E-state index >= 15 is 0 Å². The Bertz CT molecular complexity index is 555.